The number of benzene rings is 2. The summed E-state index contributed by atoms with van der Waals surface area (Å²) < 4.78 is 35.0. The van der Waals surface area contributed by atoms with Crippen LogP contribution in [0.3, 0.4) is 0 Å². The molecule has 0 bridgehead atoms. The van der Waals surface area contributed by atoms with Crippen LogP contribution >= 0.6 is 11.6 Å². The fourth-order valence-electron chi connectivity index (χ4n) is 7.85. The number of fused-ring (bicyclic) bond motifs is 2. The fourth-order valence-corrected chi connectivity index (χ4v) is 9.09. The Morgan fingerprint density at radius 1 is 1.06 bits per heavy atom. The second kappa shape index (κ2) is 16.2. The van der Waals surface area contributed by atoms with E-state index in [1.54, 1.807) is 6.07 Å². The zero-order valence-electron chi connectivity index (χ0n) is 29.0. The summed E-state index contributed by atoms with van der Waals surface area (Å²) in [5.74, 6) is 1.86. The molecule has 0 aromatic heterocycles. The van der Waals surface area contributed by atoms with Gasteiger partial charge in [-0.05, 0) is 98.2 Å². The quantitative estimate of drug-likeness (QED) is 0.219. The second-order valence-electron chi connectivity index (χ2n) is 14.5. The number of anilines is 1. The number of aryl methyl sites for hydroxylation is 1. The fraction of sp³-hybridized carbons (Fsp3) is 0.658. The molecule has 264 valence electrons. The first-order valence-electron chi connectivity index (χ1n) is 18.3. The smallest absolute Gasteiger partial charge is 0.263 e. The number of carbonyl (C=O) groups excluding carboxylic acids is 1. The van der Waals surface area contributed by atoms with Gasteiger partial charge in [-0.1, -0.05) is 51.3 Å². The van der Waals surface area contributed by atoms with E-state index in [0.717, 1.165) is 87.6 Å². The highest BCUT2D eigenvalue weighted by atomic mass is 35.5. The number of hydrogen-bond donors (Lipinski definition) is 2. The zero-order valence-corrected chi connectivity index (χ0v) is 30.6. The maximum atomic E-state index is 13.5. The molecule has 2 aromatic carbocycles. The molecule has 2 aromatic rings. The topological polar surface area (TPSA) is 89.1 Å². The van der Waals surface area contributed by atoms with E-state index in [-0.39, 0.29) is 41.5 Å². The van der Waals surface area contributed by atoms with Crippen LogP contribution in [0.15, 0.2) is 36.4 Å². The highest BCUT2D eigenvalue weighted by molar-refractivity contribution is 7.84. The van der Waals surface area contributed by atoms with Crippen LogP contribution in [0, 0.1) is 17.8 Å². The predicted octanol–water partition coefficient (Wildman–Crippen LogP) is 7.01. The molecule has 2 saturated heterocycles. The molecule has 1 saturated carbocycles. The summed E-state index contributed by atoms with van der Waals surface area (Å²) in [6.45, 7) is 12.3. The lowest BCUT2D eigenvalue weighted by Gasteiger charge is -2.42. The Morgan fingerprint density at radius 2 is 1.83 bits per heavy atom. The molecule has 2 N–H and O–H groups in total. The van der Waals surface area contributed by atoms with E-state index in [1.165, 1.54) is 17.5 Å². The molecule has 1 amide bonds. The molecule has 8 atom stereocenters. The number of carbonyl (C=O) groups is 1. The molecule has 3 heterocycles. The summed E-state index contributed by atoms with van der Waals surface area (Å²) in [6.07, 6.45) is 8.65. The van der Waals surface area contributed by atoms with Crippen LogP contribution in [0.25, 0.3) is 0 Å². The predicted molar refractivity (Wildman–Crippen MR) is 193 cm³/mol. The summed E-state index contributed by atoms with van der Waals surface area (Å²) in [5, 5.41) is 3.99. The van der Waals surface area contributed by atoms with Gasteiger partial charge in [-0.25, -0.2) is 4.21 Å². The van der Waals surface area contributed by atoms with Crippen LogP contribution in [0.2, 0.25) is 5.02 Å². The van der Waals surface area contributed by atoms with E-state index < -0.39 is 11.0 Å². The maximum absolute atomic E-state index is 13.5. The van der Waals surface area contributed by atoms with Crippen LogP contribution in [0.1, 0.15) is 100 Å². The van der Waals surface area contributed by atoms with Crippen molar-refractivity contribution in [2.24, 2.45) is 17.8 Å². The molecule has 8 nitrogen and oxygen atoms in total. The molecule has 48 heavy (non-hydrogen) atoms. The van der Waals surface area contributed by atoms with Gasteiger partial charge in [0.15, 0.2) is 6.29 Å². The molecule has 6 rings (SSSR count). The second-order valence-corrected chi connectivity index (χ2v) is 16.5. The first-order chi connectivity index (χ1) is 23.2. The number of hydrogen-bond acceptors (Lipinski definition) is 7. The average molecular weight is 700 g/mol. The average Bonchev–Trinajstić information content (AvgIpc) is 3.62. The highest BCUT2D eigenvalue weighted by Crippen LogP contribution is 2.44. The highest BCUT2D eigenvalue weighted by Gasteiger charge is 2.43. The first-order valence-corrected chi connectivity index (χ1v) is 19.9. The molecule has 3 fully saturated rings. The lowest BCUT2D eigenvalue weighted by atomic mass is 9.71. The first kappa shape index (κ1) is 35.6. The van der Waals surface area contributed by atoms with Crippen molar-refractivity contribution in [3.8, 4) is 5.75 Å². The molecule has 3 aliphatic heterocycles. The van der Waals surface area contributed by atoms with Gasteiger partial charge in [0.25, 0.3) is 5.91 Å². The Hall–Kier alpha value is -2.17. The number of rotatable bonds is 14. The zero-order chi connectivity index (χ0) is 33.8. The van der Waals surface area contributed by atoms with Crippen LogP contribution in [0.5, 0.6) is 5.75 Å². The number of nitrogens with zero attached hydrogens (tertiary/aromatic N) is 1. The van der Waals surface area contributed by atoms with Crippen molar-refractivity contribution < 1.29 is 23.2 Å². The molecule has 8 unspecified atom stereocenters. The van der Waals surface area contributed by atoms with Gasteiger partial charge >= 0.3 is 0 Å². The molecule has 0 spiro atoms. The van der Waals surface area contributed by atoms with Crippen LogP contribution < -0.4 is 19.7 Å². The minimum absolute atomic E-state index is 0.129. The summed E-state index contributed by atoms with van der Waals surface area (Å²) in [5.41, 5.74) is 3.99. The van der Waals surface area contributed by atoms with Gasteiger partial charge in [-0.3, -0.25) is 9.52 Å². The van der Waals surface area contributed by atoms with E-state index in [2.05, 4.69) is 47.8 Å². The number of halogens is 1. The Balaban J connectivity index is 1.23. The van der Waals surface area contributed by atoms with Crippen molar-refractivity contribution in [3.05, 3.63) is 58.1 Å². The number of nitrogens with one attached hydrogen (secondary N) is 2. The standard InChI is InChI=1S/C38H54ClN3O5S/c1-5-7-9-27-16-31(39)13-14-32(27)30-22-42(21-29-11-10-26(29)18-37-46-35-19-40-20-36(35)47-37)33-17-28(12-15-34(33)45-23-30)38(43)41-48(44)25(4)24(3)8-6-2/h12-17,24-26,29-30,35-37,40H,5-11,18-23H2,1-4H3,(H,41,43). The molecule has 1 aliphatic carbocycles. The molecule has 10 heteroatoms. The minimum Gasteiger partial charge on any atom is -0.491 e. The Labute approximate surface area is 294 Å². The lowest BCUT2D eigenvalue weighted by molar-refractivity contribution is -0.0955. The van der Waals surface area contributed by atoms with Gasteiger partial charge < -0.3 is 24.4 Å². The van der Waals surface area contributed by atoms with Crippen LogP contribution in [-0.2, 0) is 26.9 Å². The molecule has 4 aliphatic rings. The van der Waals surface area contributed by atoms with E-state index in [0.29, 0.717) is 24.0 Å². The summed E-state index contributed by atoms with van der Waals surface area (Å²) in [7, 11) is -1.47. The third-order valence-corrected chi connectivity index (χ3v) is 12.9. The molecular weight excluding hydrogens is 646 g/mol. The van der Waals surface area contributed by atoms with Crippen molar-refractivity contribution >= 4 is 34.2 Å². The summed E-state index contributed by atoms with van der Waals surface area (Å²) in [4.78, 5) is 15.9. The minimum atomic E-state index is -1.47. The van der Waals surface area contributed by atoms with Gasteiger partial charge in [0, 0.05) is 49.1 Å². The van der Waals surface area contributed by atoms with Gasteiger partial charge in [0.1, 0.15) is 28.9 Å². The SMILES string of the molecule is CCCCc1cc(Cl)ccc1C1COc2ccc(C(=O)NS(=O)C(C)C(C)CCC)cc2N(CC2CCC2CC2OC3CNCC3O2)C1. The monoisotopic (exact) mass is 699 g/mol. The van der Waals surface area contributed by atoms with Gasteiger partial charge in [0.2, 0.25) is 0 Å². The molecule has 0 radical (unpaired) electrons. The van der Waals surface area contributed by atoms with E-state index in [4.69, 9.17) is 25.8 Å². The van der Waals surface area contributed by atoms with E-state index in [9.17, 15) is 9.00 Å². The van der Waals surface area contributed by atoms with Crippen molar-refractivity contribution in [3.63, 3.8) is 0 Å². The number of unbranched alkanes of at least 4 members (excludes halogenated alkanes) is 1. The Morgan fingerprint density at radius 3 is 2.54 bits per heavy atom. The third kappa shape index (κ3) is 8.23. The van der Waals surface area contributed by atoms with E-state index >= 15 is 0 Å². The Kier molecular flexibility index (Phi) is 12.1. The van der Waals surface area contributed by atoms with Crippen molar-refractivity contribution in [2.75, 3.05) is 37.7 Å². The Bertz CT molecular complexity index is 1430. The largest absolute Gasteiger partial charge is 0.491 e. The van der Waals surface area contributed by atoms with Gasteiger partial charge in [-0.2, -0.15) is 0 Å². The van der Waals surface area contributed by atoms with Crippen molar-refractivity contribution in [1.82, 2.24) is 10.0 Å². The van der Waals surface area contributed by atoms with Gasteiger partial charge in [0.05, 0.1) is 17.5 Å². The molecular formula is C38H54ClN3O5S. The van der Waals surface area contributed by atoms with Gasteiger partial charge in [-0.15, -0.1) is 0 Å². The summed E-state index contributed by atoms with van der Waals surface area (Å²) in [6, 6.07) is 11.9. The number of ether oxygens (including phenoxy) is 3. The lowest BCUT2D eigenvalue weighted by Crippen LogP contribution is -2.41. The number of amides is 1. The van der Waals surface area contributed by atoms with Crippen molar-refractivity contribution in [1.29, 1.82) is 0 Å². The van der Waals surface area contributed by atoms with Crippen LogP contribution in [-0.4, -0.2) is 66.6 Å². The van der Waals surface area contributed by atoms with Crippen LogP contribution in [0.4, 0.5) is 5.69 Å². The van der Waals surface area contributed by atoms with E-state index in [1.807, 2.05) is 25.1 Å². The summed E-state index contributed by atoms with van der Waals surface area (Å²) >= 11 is 6.49. The third-order valence-electron chi connectivity index (χ3n) is 11.1. The maximum Gasteiger partial charge on any atom is 0.263 e. The normalized spacial score (nSPS) is 28.4. The van der Waals surface area contributed by atoms with Crippen molar-refractivity contribution in [2.45, 2.75) is 109 Å².